The molecule has 0 unspecified atom stereocenters. The van der Waals surface area contributed by atoms with Crippen LogP contribution in [0.15, 0.2) is 0 Å². The van der Waals surface area contributed by atoms with Gasteiger partial charge < -0.3 is 14.4 Å². The average molecular weight is 362 g/mol. The quantitative estimate of drug-likeness (QED) is 0.355. The zero-order valence-corrected chi connectivity index (χ0v) is 16.4. The monoisotopic (exact) mass is 361 g/mol. The molecule has 0 N–H and O–H groups in total. The van der Waals surface area contributed by atoms with Crippen molar-refractivity contribution in [2.45, 2.75) is 77.9 Å². The number of hydrogen-bond acceptors (Lipinski definition) is 3. The zero-order chi connectivity index (χ0) is 17.6. The van der Waals surface area contributed by atoms with E-state index < -0.39 is 0 Å². The van der Waals surface area contributed by atoms with E-state index in [0.717, 1.165) is 32.6 Å². The lowest BCUT2D eigenvalue weighted by molar-refractivity contribution is -0.208. The van der Waals surface area contributed by atoms with E-state index in [1.807, 2.05) is 0 Å². The highest BCUT2D eigenvalue weighted by Gasteiger charge is 2.25. The Hall–Kier alpha value is -0.320. The maximum Gasteiger partial charge on any atom is 0.237 e. The van der Waals surface area contributed by atoms with Crippen LogP contribution in [-0.2, 0) is 14.3 Å². The van der Waals surface area contributed by atoms with Crippen molar-refractivity contribution in [3.05, 3.63) is 0 Å². The van der Waals surface area contributed by atoms with Gasteiger partial charge in [0.25, 0.3) is 0 Å². The molecule has 1 amide bonds. The van der Waals surface area contributed by atoms with Crippen LogP contribution in [0.5, 0.6) is 0 Å². The molecule has 0 spiro atoms. The SMILES string of the molecule is CCCCCCC1COC(CN(CCCCCC)C(=O)CCl)OC1. The highest BCUT2D eigenvalue weighted by Crippen LogP contribution is 2.19. The zero-order valence-electron chi connectivity index (χ0n) is 15.6. The van der Waals surface area contributed by atoms with E-state index in [-0.39, 0.29) is 18.1 Å². The maximum atomic E-state index is 12.0. The highest BCUT2D eigenvalue weighted by molar-refractivity contribution is 6.27. The van der Waals surface area contributed by atoms with Crippen LogP contribution in [0.4, 0.5) is 0 Å². The number of amides is 1. The molecule has 0 atom stereocenters. The summed E-state index contributed by atoms with van der Waals surface area (Å²) >= 11 is 5.74. The van der Waals surface area contributed by atoms with Crippen molar-refractivity contribution in [1.29, 1.82) is 0 Å². The first-order valence-corrected chi connectivity index (χ1v) is 10.3. The molecule has 0 aromatic heterocycles. The molecule has 0 aromatic carbocycles. The lowest BCUT2D eigenvalue weighted by Crippen LogP contribution is -2.44. The molecule has 1 rings (SSSR count). The van der Waals surface area contributed by atoms with Gasteiger partial charge in [-0.05, 0) is 12.8 Å². The van der Waals surface area contributed by atoms with Crippen molar-refractivity contribution < 1.29 is 14.3 Å². The topological polar surface area (TPSA) is 38.8 Å². The van der Waals surface area contributed by atoms with Crippen molar-refractivity contribution in [2.75, 3.05) is 32.2 Å². The molecule has 0 aromatic rings. The largest absolute Gasteiger partial charge is 0.350 e. The molecule has 1 heterocycles. The second-order valence-electron chi connectivity index (χ2n) is 6.85. The predicted molar refractivity (Wildman–Crippen MR) is 99.4 cm³/mol. The van der Waals surface area contributed by atoms with E-state index in [0.29, 0.717) is 12.5 Å². The number of carbonyl (C=O) groups is 1. The highest BCUT2D eigenvalue weighted by atomic mass is 35.5. The van der Waals surface area contributed by atoms with E-state index in [1.165, 1.54) is 44.9 Å². The van der Waals surface area contributed by atoms with Crippen LogP contribution in [-0.4, -0.2) is 49.3 Å². The van der Waals surface area contributed by atoms with Crippen LogP contribution < -0.4 is 0 Å². The van der Waals surface area contributed by atoms with Gasteiger partial charge in [0.05, 0.1) is 19.8 Å². The first kappa shape index (κ1) is 21.7. The van der Waals surface area contributed by atoms with Gasteiger partial charge in [-0.1, -0.05) is 58.8 Å². The third-order valence-corrected chi connectivity index (χ3v) is 4.85. The molecule has 4 nitrogen and oxygen atoms in total. The summed E-state index contributed by atoms with van der Waals surface area (Å²) in [5, 5.41) is 0. The second-order valence-corrected chi connectivity index (χ2v) is 7.11. The molecular formula is C19H36ClNO3. The normalized spacial score (nSPS) is 21.0. The fraction of sp³-hybridized carbons (Fsp3) is 0.947. The van der Waals surface area contributed by atoms with E-state index in [9.17, 15) is 4.79 Å². The van der Waals surface area contributed by atoms with Crippen molar-refractivity contribution in [2.24, 2.45) is 5.92 Å². The Bertz CT molecular complexity index is 320. The van der Waals surface area contributed by atoms with Crippen molar-refractivity contribution in [3.63, 3.8) is 0 Å². The third-order valence-electron chi connectivity index (χ3n) is 4.62. The molecule has 5 heteroatoms. The van der Waals surface area contributed by atoms with Gasteiger partial charge in [-0.25, -0.2) is 0 Å². The standard InChI is InChI=1S/C19H36ClNO3/c1-3-5-7-9-11-17-15-23-19(24-16-17)14-21(18(22)13-20)12-10-8-6-4-2/h17,19H,3-16H2,1-2H3. The van der Waals surface area contributed by atoms with Gasteiger partial charge in [0.15, 0.2) is 6.29 Å². The summed E-state index contributed by atoms with van der Waals surface area (Å²) in [7, 11) is 0. The number of alkyl halides is 1. The minimum Gasteiger partial charge on any atom is -0.350 e. The Morgan fingerprint density at radius 2 is 1.62 bits per heavy atom. The van der Waals surface area contributed by atoms with Gasteiger partial charge in [-0.2, -0.15) is 0 Å². The Labute approximate surface area is 153 Å². The number of unbranched alkanes of at least 4 members (excludes halogenated alkanes) is 6. The summed E-state index contributed by atoms with van der Waals surface area (Å²) in [6.45, 7) is 7.15. The molecule has 0 aliphatic carbocycles. The summed E-state index contributed by atoms with van der Waals surface area (Å²) in [5.74, 6) is 0.502. The summed E-state index contributed by atoms with van der Waals surface area (Å²) in [4.78, 5) is 13.8. The molecule has 24 heavy (non-hydrogen) atoms. The Balaban J connectivity index is 2.26. The number of nitrogens with zero attached hydrogens (tertiary/aromatic N) is 1. The first-order chi connectivity index (χ1) is 11.7. The Morgan fingerprint density at radius 3 is 2.21 bits per heavy atom. The summed E-state index contributed by atoms with van der Waals surface area (Å²) in [6.07, 6.45) is 10.6. The molecule has 1 fully saturated rings. The van der Waals surface area contributed by atoms with E-state index >= 15 is 0 Å². The van der Waals surface area contributed by atoms with Gasteiger partial charge in [0.1, 0.15) is 5.88 Å². The lowest BCUT2D eigenvalue weighted by Gasteiger charge is -2.33. The number of rotatable bonds is 13. The summed E-state index contributed by atoms with van der Waals surface area (Å²) in [5.41, 5.74) is 0. The van der Waals surface area contributed by atoms with Crippen LogP contribution in [0.1, 0.15) is 71.6 Å². The Morgan fingerprint density at radius 1 is 1.00 bits per heavy atom. The van der Waals surface area contributed by atoms with Crippen molar-refractivity contribution in [1.82, 2.24) is 4.90 Å². The van der Waals surface area contributed by atoms with Crippen LogP contribution in [0.3, 0.4) is 0 Å². The van der Waals surface area contributed by atoms with Gasteiger partial charge in [-0.15, -0.1) is 11.6 Å². The number of ether oxygens (including phenoxy) is 2. The first-order valence-electron chi connectivity index (χ1n) is 9.78. The van der Waals surface area contributed by atoms with E-state index in [2.05, 4.69) is 13.8 Å². The van der Waals surface area contributed by atoms with Gasteiger partial charge >= 0.3 is 0 Å². The maximum absolute atomic E-state index is 12.0. The average Bonchev–Trinajstić information content (AvgIpc) is 2.62. The molecule has 0 radical (unpaired) electrons. The fourth-order valence-electron chi connectivity index (χ4n) is 3.03. The van der Waals surface area contributed by atoms with Gasteiger partial charge in [0.2, 0.25) is 5.91 Å². The Kier molecular flexibility index (Phi) is 12.6. The van der Waals surface area contributed by atoms with Crippen LogP contribution in [0, 0.1) is 5.92 Å². The van der Waals surface area contributed by atoms with Crippen molar-refractivity contribution in [3.8, 4) is 0 Å². The molecule has 0 bridgehead atoms. The van der Waals surface area contributed by atoms with Crippen LogP contribution >= 0.6 is 11.6 Å². The summed E-state index contributed by atoms with van der Waals surface area (Å²) < 4.78 is 11.7. The molecule has 142 valence electrons. The minimum atomic E-state index is -0.296. The molecule has 1 aliphatic heterocycles. The van der Waals surface area contributed by atoms with Gasteiger partial charge in [0, 0.05) is 12.5 Å². The van der Waals surface area contributed by atoms with Crippen molar-refractivity contribution >= 4 is 17.5 Å². The fourth-order valence-corrected chi connectivity index (χ4v) is 3.20. The summed E-state index contributed by atoms with van der Waals surface area (Å²) in [6, 6.07) is 0. The smallest absolute Gasteiger partial charge is 0.237 e. The molecular weight excluding hydrogens is 326 g/mol. The second kappa shape index (κ2) is 13.9. The van der Waals surface area contributed by atoms with E-state index in [4.69, 9.17) is 21.1 Å². The third kappa shape index (κ3) is 9.24. The van der Waals surface area contributed by atoms with Crippen LogP contribution in [0.2, 0.25) is 0 Å². The lowest BCUT2D eigenvalue weighted by atomic mass is 10.0. The predicted octanol–water partition coefficient (Wildman–Crippen LogP) is 4.59. The molecule has 0 saturated carbocycles. The number of halogens is 1. The number of hydrogen-bond donors (Lipinski definition) is 0. The van der Waals surface area contributed by atoms with E-state index in [1.54, 1.807) is 4.90 Å². The minimum absolute atomic E-state index is 0.0259. The molecule has 1 aliphatic rings. The van der Waals surface area contributed by atoms with Gasteiger partial charge in [-0.3, -0.25) is 4.79 Å². The molecule has 1 saturated heterocycles. The number of carbonyl (C=O) groups excluding carboxylic acids is 1. The van der Waals surface area contributed by atoms with Crippen LogP contribution in [0.25, 0.3) is 0 Å².